The van der Waals surface area contributed by atoms with Crippen molar-refractivity contribution in [2.24, 2.45) is 10.9 Å². The maximum Gasteiger partial charge on any atom is 0.495 e. The summed E-state index contributed by atoms with van der Waals surface area (Å²) >= 11 is 0. The van der Waals surface area contributed by atoms with Crippen LogP contribution < -0.4 is 16.1 Å². The van der Waals surface area contributed by atoms with Crippen LogP contribution in [-0.2, 0) is 18.8 Å². The minimum Gasteiger partial charge on any atom is -0.453 e. The fraction of sp³-hybridized carbons (Fsp3) is 0.571. The molecule has 2 saturated heterocycles. The van der Waals surface area contributed by atoms with Crippen molar-refractivity contribution in [1.82, 2.24) is 20.7 Å². The SMILES string of the molecule is C=N/C=C(\NCC1CCCN1C(=O)C(NC(=O)OC)C(C)C)c1ccc(B2OC(C)(C)C(C)(C)O2)c2cnoc12. The molecule has 3 heterocycles. The third kappa shape index (κ3) is 5.73. The molecule has 2 aromatic rings. The zero-order valence-corrected chi connectivity index (χ0v) is 24.4. The van der Waals surface area contributed by atoms with Gasteiger partial charge in [0.2, 0.25) is 5.91 Å². The Morgan fingerprint density at radius 2 is 1.98 bits per heavy atom. The normalized spacial score (nSPS) is 21.1. The Morgan fingerprint density at radius 3 is 2.60 bits per heavy atom. The van der Waals surface area contributed by atoms with Gasteiger partial charge >= 0.3 is 13.2 Å². The van der Waals surface area contributed by atoms with Crippen LogP contribution in [0.25, 0.3) is 16.7 Å². The van der Waals surface area contributed by atoms with Gasteiger partial charge in [-0.15, -0.1) is 0 Å². The topological polar surface area (TPSA) is 128 Å². The average molecular weight is 553 g/mol. The molecule has 40 heavy (non-hydrogen) atoms. The summed E-state index contributed by atoms with van der Waals surface area (Å²) in [5.41, 5.74) is 1.87. The molecule has 0 spiro atoms. The van der Waals surface area contributed by atoms with Gasteiger partial charge in [0, 0.05) is 36.3 Å². The van der Waals surface area contributed by atoms with Crippen LogP contribution in [0, 0.1) is 5.92 Å². The average Bonchev–Trinajstić information content (AvgIpc) is 3.62. The molecule has 0 saturated carbocycles. The number of likely N-dealkylation sites (tertiary alicyclic amines) is 1. The van der Waals surface area contributed by atoms with Crippen molar-refractivity contribution in [3.63, 3.8) is 0 Å². The summed E-state index contributed by atoms with van der Waals surface area (Å²) in [6, 6.07) is 3.13. The molecule has 0 radical (unpaired) electrons. The van der Waals surface area contributed by atoms with E-state index >= 15 is 0 Å². The van der Waals surface area contributed by atoms with Crippen LogP contribution in [0.2, 0.25) is 0 Å². The number of nitrogens with zero attached hydrogens (tertiary/aromatic N) is 3. The number of carbonyl (C=O) groups excluding carboxylic acids is 2. The molecule has 2 aliphatic rings. The molecule has 1 aromatic carbocycles. The third-order valence-electron chi connectivity index (χ3n) is 8.15. The van der Waals surface area contributed by atoms with E-state index < -0.39 is 30.5 Å². The third-order valence-corrected chi connectivity index (χ3v) is 8.15. The highest BCUT2D eigenvalue weighted by Gasteiger charge is 2.52. The second-order valence-corrected chi connectivity index (χ2v) is 11.7. The lowest BCUT2D eigenvalue weighted by Crippen LogP contribution is -2.53. The molecule has 0 aliphatic carbocycles. The summed E-state index contributed by atoms with van der Waals surface area (Å²) < 4.78 is 23.0. The fourth-order valence-corrected chi connectivity index (χ4v) is 5.11. The van der Waals surface area contributed by atoms with Crippen LogP contribution in [-0.4, -0.2) is 79.4 Å². The van der Waals surface area contributed by atoms with Crippen LogP contribution in [0.5, 0.6) is 0 Å². The summed E-state index contributed by atoms with van der Waals surface area (Å²) in [5, 5.41) is 11.0. The predicted octanol–water partition coefficient (Wildman–Crippen LogP) is 3.09. The number of fused-ring (bicyclic) bond motifs is 1. The first-order valence-electron chi connectivity index (χ1n) is 13.7. The number of rotatable bonds is 9. The quantitative estimate of drug-likeness (QED) is 0.358. The molecule has 2 unspecified atom stereocenters. The minimum atomic E-state index is -0.672. The number of benzene rings is 1. The molecule has 12 heteroatoms. The van der Waals surface area contributed by atoms with E-state index in [0.29, 0.717) is 24.4 Å². The van der Waals surface area contributed by atoms with Gasteiger partial charge in [-0.1, -0.05) is 25.1 Å². The van der Waals surface area contributed by atoms with Crippen LogP contribution in [0.3, 0.4) is 0 Å². The maximum atomic E-state index is 13.4. The molecule has 2 N–H and O–H groups in total. The van der Waals surface area contributed by atoms with E-state index in [4.69, 9.17) is 18.6 Å². The zero-order chi connectivity index (χ0) is 29.2. The molecule has 11 nitrogen and oxygen atoms in total. The van der Waals surface area contributed by atoms with Gasteiger partial charge in [0.15, 0.2) is 5.58 Å². The van der Waals surface area contributed by atoms with Gasteiger partial charge in [0.25, 0.3) is 0 Å². The van der Waals surface area contributed by atoms with Crippen LogP contribution in [0.1, 0.15) is 59.9 Å². The number of aliphatic imine (C=N–C) groups is 1. The van der Waals surface area contributed by atoms with E-state index in [1.165, 1.54) is 7.11 Å². The second-order valence-electron chi connectivity index (χ2n) is 11.7. The summed E-state index contributed by atoms with van der Waals surface area (Å²) in [6.45, 7) is 16.6. The number of methoxy groups -OCH3 is 1. The molecule has 216 valence electrons. The number of aromatic nitrogens is 1. The number of hydrogen-bond acceptors (Lipinski definition) is 9. The van der Waals surface area contributed by atoms with Crippen molar-refractivity contribution in [3.8, 4) is 0 Å². The first kappa shape index (κ1) is 29.6. The molecule has 1 aromatic heterocycles. The lowest BCUT2D eigenvalue weighted by atomic mass is 9.76. The smallest absolute Gasteiger partial charge is 0.453 e. The van der Waals surface area contributed by atoms with E-state index in [1.807, 2.05) is 58.6 Å². The highest BCUT2D eigenvalue weighted by atomic mass is 16.7. The molecule has 2 amide bonds. The Kier molecular flexibility index (Phi) is 8.60. The number of nitrogens with one attached hydrogen (secondary N) is 2. The Bertz CT molecular complexity index is 1270. The van der Waals surface area contributed by atoms with E-state index in [9.17, 15) is 9.59 Å². The van der Waals surface area contributed by atoms with Crippen molar-refractivity contribution < 1.29 is 28.2 Å². The fourth-order valence-electron chi connectivity index (χ4n) is 5.11. The van der Waals surface area contributed by atoms with Gasteiger partial charge in [0.05, 0.1) is 30.2 Å². The second kappa shape index (κ2) is 11.6. The number of amides is 2. The maximum absolute atomic E-state index is 13.4. The lowest BCUT2D eigenvalue weighted by Gasteiger charge is -2.32. The Hall–Kier alpha value is -3.38. The zero-order valence-electron chi connectivity index (χ0n) is 24.4. The largest absolute Gasteiger partial charge is 0.495 e. The van der Waals surface area contributed by atoms with Gasteiger partial charge in [-0.25, -0.2) is 4.79 Å². The standard InChI is InChI=1S/C28H40BN5O6/c1-17(2)23(33-26(36)37-8)25(35)34-13-9-10-18(34)14-31-22(16-30-7)19-11-12-21(20-15-32-38-24(19)20)29-39-27(3,4)28(5,6)40-29/h11-12,15-18,23,31H,7,9-10,13-14H2,1-6,8H3,(H,33,36)/b22-16-. The summed E-state index contributed by atoms with van der Waals surface area (Å²) in [6.07, 6.45) is 4.37. The molecule has 2 fully saturated rings. The lowest BCUT2D eigenvalue weighted by molar-refractivity contribution is -0.135. The summed E-state index contributed by atoms with van der Waals surface area (Å²) in [4.78, 5) is 31.1. The number of ether oxygens (including phenoxy) is 1. The van der Waals surface area contributed by atoms with Gasteiger partial charge in [0.1, 0.15) is 6.04 Å². The van der Waals surface area contributed by atoms with E-state index in [0.717, 1.165) is 29.3 Å². The Balaban J connectivity index is 1.54. The van der Waals surface area contributed by atoms with Crippen LogP contribution >= 0.6 is 0 Å². The highest BCUT2D eigenvalue weighted by molar-refractivity contribution is 6.65. The molecular weight excluding hydrogens is 513 g/mol. The Morgan fingerprint density at radius 1 is 1.27 bits per heavy atom. The highest BCUT2D eigenvalue weighted by Crippen LogP contribution is 2.37. The van der Waals surface area contributed by atoms with Crippen molar-refractivity contribution in [1.29, 1.82) is 0 Å². The number of carbonyl (C=O) groups is 2. The predicted molar refractivity (Wildman–Crippen MR) is 154 cm³/mol. The number of hydrogen-bond donors (Lipinski definition) is 2. The minimum absolute atomic E-state index is 0.0735. The van der Waals surface area contributed by atoms with E-state index in [-0.39, 0.29) is 17.9 Å². The summed E-state index contributed by atoms with van der Waals surface area (Å²) in [5.74, 6) is -0.218. The molecule has 2 aliphatic heterocycles. The molecule has 4 rings (SSSR count). The first-order chi connectivity index (χ1) is 18.9. The van der Waals surface area contributed by atoms with Gasteiger partial charge in [-0.2, -0.15) is 0 Å². The molecule has 2 atom stereocenters. The summed E-state index contributed by atoms with van der Waals surface area (Å²) in [7, 11) is 0.721. The van der Waals surface area contributed by atoms with Crippen molar-refractivity contribution >= 4 is 48.0 Å². The van der Waals surface area contributed by atoms with Crippen LogP contribution in [0.15, 0.2) is 34.0 Å². The molecular formula is C28H40BN5O6. The van der Waals surface area contributed by atoms with E-state index in [1.54, 1.807) is 12.4 Å². The van der Waals surface area contributed by atoms with Crippen molar-refractivity contribution in [2.45, 2.75) is 77.7 Å². The van der Waals surface area contributed by atoms with Gasteiger partial charge < -0.3 is 34.1 Å². The monoisotopic (exact) mass is 553 g/mol. The van der Waals surface area contributed by atoms with Crippen LogP contribution in [0.4, 0.5) is 4.79 Å². The van der Waals surface area contributed by atoms with Gasteiger partial charge in [-0.05, 0) is 64.7 Å². The van der Waals surface area contributed by atoms with Crippen molar-refractivity contribution in [3.05, 3.63) is 30.1 Å². The number of alkyl carbamates (subject to hydrolysis) is 1. The van der Waals surface area contributed by atoms with Crippen molar-refractivity contribution in [2.75, 3.05) is 20.2 Å². The first-order valence-corrected chi connectivity index (χ1v) is 13.7. The van der Waals surface area contributed by atoms with Gasteiger partial charge in [-0.3, -0.25) is 9.79 Å². The molecule has 0 bridgehead atoms. The Labute approximate surface area is 235 Å². The van der Waals surface area contributed by atoms with E-state index in [2.05, 4.69) is 27.5 Å².